The zero-order valence-electron chi connectivity index (χ0n) is 19.1. The number of rotatable bonds is 10. The van der Waals surface area contributed by atoms with Gasteiger partial charge >= 0.3 is 0 Å². The maximum atomic E-state index is 13.7. The van der Waals surface area contributed by atoms with Crippen LogP contribution in [0.1, 0.15) is 28.9 Å². The van der Waals surface area contributed by atoms with E-state index in [1.54, 1.807) is 37.4 Å². The van der Waals surface area contributed by atoms with Crippen LogP contribution in [0.25, 0.3) is 11.3 Å². The number of carbonyl (C=O) groups excluding carboxylic acids is 1. The molecule has 0 aliphatic rings. The maximum absolute atomic E-state index is 13.7. The van der Waals surface area contributed by atoms with Gasteiger partial charge in [-0.05, 0) is 64.5 Å². The number of hydrogen-bond acceptors (Lipinski definition) is 6. The summed E-state index contributed by atoms with van der Waals surface area (Å²) in [7, 11) is 3.04. The number of nitrogens with one attached hydrogen (secondary N) is 1. The van der Waals surface area contributed by atoms with E-state index in [0.717, 1.165) is 5.69 Å². The first-order valence-corrected chi connectivity index (χ1v) is 11.4. The number of halogens is 2. The molecule has 1 aromatic heterocycles. The van der Waals surface area contributed by atoms with Crippen molar-refractivity contribution in [3.8, 4) is 28.5 Å². The summed E-state index contributed by atoms with van der Waals surface area (Å²) < 4.78 is 30.1. The number of aromatic nitrogens is 1. The Kier molecular flexibility index (Phi) is 8.84. The van der Waals surface area contributed by atoms with E-state index in [0.29, 0.717) is 45.1 Å². The standard InChI is InChI=1S/C25H26BrFN2O5/c1-15(14-28-25(31)17-5-8-21(34-11-10-30)23(13-17)33-3)20-7-9-22(32-2)24(29-20)16-4-6-19(27)18(26)12-16/h4-9,12-13,15,30H,10-11,14H2,1-3H3,(H,28,31). The molecule has 0 radical (unpaired) electrons. The minimum atomic E-state index is -0.362. The van der Waals surface area contributed by atoms with Crippen molar-refractivity contribution in [3.05, 3.63) is 70.1 Å². The number of amides is 1. The highest BCUT2D eigenvalue weighted by Gasteiger charge is 2.17. The van der Waals surface area contributed by atoms with Crippen molar-refractivity contribution >= 4 is 21.8 Å². The molecule has 1 heterocycles. The number of benzene rings is 2. The first-order chi connectivity index (χ1) is 16.4. The van der Waals surface area contributed by atoms with Gasteiger partial charge in [0.1, 0.15) is 23.9 Å². The van der Waals surface area contributed by atoms with Crippen LogP contribution in [-0.4, -0.2) is 50.0 Å². The van der Waals surface area contributed by atoms with Crippen molar-refractivity contribution in [2.75, 3.05) is 34.0 Å². The summed E-state index contributed by atoms with van der Waals surface area (Å²) >= 11 is 3.21. The fraction of sp³-hybridized carbons (Fsp3) is 0.280. The molecule has 3 rings (SSSR count). The summed E-state index contributed by atoms with van der Waals surface area (Å²) in [6.45, 7) is 2.30. The van der Waals surface area contributed by atoms with Gasteiger partial charge in [-0.15, -0.1) is 0 Å². The van der Waals surface area contributed by atoms with Crippen molar-refractivity contribution in [3.63, 3.8) is 0 Å². The van der Waals surface area contributed by atoms with Crippen LogP contribution in [0.5, 0.6) is 17.2 Å². The second-order valence-corrected chi connectivity index (χ2v) is 8.32. The summed E-state index contributed by atoms with van der Waals surface area (Å²) in [6, 6.07) is 13.2. The fourth-order valence-corrected chi connectivity index (χ4v) is 3.67. The van der Waals surface area contributed by atoms with E-state index in [-0.39, 0.29) is 30.9 Å². The van der Waals surface area contributed by atoms with Crippen LogP contribution in [-0.2, 0) is 0 Å². The molecule has 0 fully saturated rings. The highest BCUT2D eigenvalue weighted by atomic mass is 79.9. The van der Waals surface area contributed by atoms with Crippen LogP contribution in [0.2, 0.25) is 0 Å². The third kappa shape index (κ3) is 6.03. The lowest BCUT2D eigenvalue weighted by Gasteiger charge is -2.16. The molecule has 0 saturated heterocycles. The Bertz CT molecular complexity index is 1160. The summed E-state index contributed by atoms with van der Waals surface area (Å²) in [5.41, 5.74) is 2.46. The quantitative estimate of drug-likeness (QED) is 0.397. The fourth-order valence-electron chi connectivity index (χ4n) is 3.29. The summed E-state index contributed by atoms with van der Waals surface area (Å²) in [6.07, 6.45) is 0. The highest BCUT2D eigenvalue weighted by Crippen LogP contribution is 2.32. The topological polar surface area (TPSA) is 89.9 Å². The molecule has 1 amide bonds. The lowest BCUT2D eigenvalue weighted by Crippen LogP contribution is -2.27. The summed E-state index contributed by atoms with van der Waals surface area (Å²) in [5.74, 6) is 0.681. The molecule has 7 nitrogen and oxygen atoms in total. The molecule has 0 aliphatic heterocycles. The molecule has 0 spiro atoms. The van der Waals surface area contributed by atoms with E-state index in [2.05, 4.69) is 21.2 Å². The molecular weight excluding hydrogens is 507 g/mol. The SMILES string of the molecule is COc1cc(C(=O)NCC(C)c2ccc(OC)c(-c3ccc(F)c(Br)c3)n2)ccc1OCCO. The minimum absolute atomic E-state index is 0.105. The van der Waals surface area contributed by atoms with Gasteiger partial charge in [-0.1, -0.05) is 6.92 Å². The molecule has 0 saturated carbocycles. The molecule has 180 valence electrons. The van der Waals surface area contributed by atoms with Crippen LogP contribution >= 0.6 is 15.9 Å². The monoisotopic (exact) mass is 532 g/mol. The Morgan fingerprint density at radius 3 is 2.50 bits per heavy atom. The lowest BCUT2D eigenvalue weighted by atomic mass is 10.0. The van der Waals surface area contributed by atoms with E-state index in [4.69, 9.17) is 24.3 Å². The number of carbonyl (C=O) groups is 1. The summed E-state index contributed by atoms with van der Waals surface area (Å²) in [5, 5.41) is 11.8. The zero-order valence-corrected chi connectivity index (χ0v) is 20.7. The molecule has 2 N–H and O–H groups in total. The number of ether oxygens (including phenoxy) is 3. The number of methoxy groups -OCH3 is 2. The first kappa shape index (κ1) is 25.5. The smallest absolute Gasteiger partial charge is 0.251 e. The predicted octanol–water partition coefficient (Wildman–Crippen LogP) is 4.57. The number of pyridine rings is 1. The lowest BCUT2D eigenvalue weighted by molar-refractivity contribution is 0.0951. The molecule has 1 atom stereocenters. The van der Waals surface area contributed by atoms with Gasteiger partial charge in [-0.3, -0.25) is 4.79 Å². The second-order valence-electron chi connectivity index (χ2n) is 7.46. The van der Waals surface area contributed by atoms with Crippen LogP contribution in [0, 0.1) is 5.82 Å². The van der Waals surface area contributed by atoms with Crippen molar-refractivity contribution in [1.82, 2.24) is 10.3 Å². The molecule has 2 aromatic carbocycles. The first-order valence-electron chi connectivity index (χ1n) is 10.6. The zero-order chi connectivity index (χ0) is 24.7. The third-order valence-corrected chi connectivity index (χ3v) is 5.75. The maximum Gasteiger partial charge on any atom is 0.251 e. The molecule has 3 aromatic rings. The van der Waals surface area contributed by atoms with E-state index in [9.17, 15) is 9.18 Å². The van der Waals surface area contributed by atoms with Gasteiger partial charge in [0.05, 0.1) is 25.3 Å². The van der Waals surface area contributed by atoms with Crippen LogP contribution in [0.3, 0.4) is 0 Å². The van der Waals surface area contributed by atoms with Gasteiger partial charge in [0.25, 0.3) is 5.91 Å². The molecule has 0 bridgehead atoms. The van der Waals surface area contributed by atoms with Crippen LogP contribution < -0.4 is 19.5 Å². The largest absolute Gasteiger partial charge is 0.494 e. The van der Waals surface area contributed by atoms with Crippen LogP contribution in [0.4, 0.5) is 4.39 Å². The summed E-state index contributed by atoms with van der Waals surface area (Å²) in [4.78, 5) is 17.4. The Labute approximate surface area is 206 Å². The second kappa shape index (κ2) is 11.8. The van der Waals surface area contributed by atoms with Crippen molar-refractivity contribution in [1.29, 1.82) is 0 Å². The predicted molar refractivity (Wildman–Crippen MR) is 130 cm³/mol. The van der Waals surface area contributed by atoms with E-state index >= 15 is 0 Å². The third-order valence-electron chi connectivity index (χ3n) is 5.14. The Hall–Kier alpha value is -3.17. The normalized spacial score (nSPS) is 11.6. The number of nitrogens with zero attached hydrogens (tertiary/aromatic N) is 1. The Morgan fingerprint density at radius 1 is 1.09 bits per heavy atom. The molecule has 0 aliphatic carbocycles. The van der Waals surface area contributed by atoms with Gasteiger partial charge in [-0.2, -0.15) is 0 Å². The van der Waals surface area contributed by atoms with Gasteiger partial charge in [0.15, 0.2) is 11.5 Å². The molecule has 1 unspecified atom stereocenters. The number of aliphatic hydroxyl groups is 1. The number of aliphatic hydroxyl groups excluding tert-OH is 1. The molecular formula is C25H26BrFN2O5. The van der Waals surface area contributed by atoms with Gasteiger partial charge in [0.2, 0.25) is 0 Å². The van der Waals surface area contributed by atoms with Crippen molar-refractivity contribution < 1.29 is 28.5 Å². The average Bonchev–Trinajstić information content (AvgIpc) is 2.86. The van der Waals surface area contributed by atoms with Gasteiger partial charge < -0.3 is 24.6 Å². The highest BCUT2D eigenvalue weighted by molar-refractivity contribution is 9.10. The van der Waals surface area contributed by atoms with E-state index in [1.807, 2.05) is 19.1 Å². The number of hydrogen-bond donors (Lipinski definition) is 2. The Morgan fingerprint density at radius 2 is 1.82 bits per heavy atom. The van der Waals surface area contributed by atoms with E-state index in [1.165, 1.54) is 13.2 Å². The van der Waals surface area contributed by atoms with Crippen molar-refractivity contribution in [2.45, 2.75) is 12.8 Å². The van der Waals surface area contributed by atoms with Crippen LogP contribution in [0.15, 0.2) is 53.0 Å². The van der Waals surface area contributed by atoms with Crippen molar-refractivity contribution in [2.24, 2.45) is 0 Å². The van der Waals surface area contributed by atoms with Gasteiger partial charge in [-0.25, -0.2) is 9.37 Å². The average molecular weight is 533 g/mol. The van der Waals surface area contributed by atoms with Gasteiger partial charge in [0, 0.05) is 29.3 Å². The van der Waals surface area contributed by atoms with E-state index < -0.39 is 0 Å². The molecule has 34 heavy (non-hydrogen) atoms. The minimum Gasteiger partial charge on any atom is -0.494 e. The Balaban J connectivity index is 1.74. The molecule has 9 heteroatoms.